The van der Waals surface area contributed by atoms with Crippen molar-refractivity contribution in [2.24, 2.45) is 16.1 Å². The molecular formula is C14H19N3OS. The molecular weight excluding hydrogens is 258 g/mol. The lowest BCUT2D eigenvalue weighted by Crippen LogP contribution is -2.34. The number of hydrogen-bond acceptors (Lipinski definition) is 3. The molecule has 1 saturated heterocycles. The number of hydrogen-bond donors (Lipinski definition) is 2. The van der Waals surface area contributed by atoms with Crippen molar-refractivity contribution >= 4 is 22.8 Å². The summed E-state index contributed by atoms with van der Waals surface area (Å²) in [6.07, 6.45) is 0. The van der Waals surface area contributed by atoms with Crippen LogP contribution in [0.25, 0.3) is 0 Å². The van der Waals surface area contributed by atoms with E-state index in [0.717, 1.165) is 10.9 Å². The second-order valence-electron chi connectivity index (χ2n) is 5.29. The maximum Gasteiger partial charge on any atom is 0.224 e. The van der Waals surface area contributed by atoms with Crippen molar-refractivity contribution in [3.8, 4) is 0 Å². The summed E-state index contributed by atoms with van der Waals surface area (Å²) in [5.41, 5.74) is 6.00. The first-order chi connectivity index (χ1) is 8.99. The number of nitrogens with zero attached hydrogens (tertiary/aromatic N) is 1. The van der Waals surface area contributed by atoms with E-state index in [4.69, 9.17) is 5.73 Å². The molecule has 3 N–H and O–H groups in total. The van der Waals surface area contributed by atoms with E-state index in [9.17, 15) is 4.79 Å². The van der Waals surface area contributed by atoms with E-state index in [0.29, 0.717) is 12.6 Å². The fourth-order valence-electron chi connectivity index (χ4n) is 1.70. The molecule has 0 saturated carbocycles. The lowest BCUT2D eigenvalue weighted by Gasteiger charge is -2.17. The predicted molar refractivity (Wildman–Crippen MR) is 80.1 cm³/mol. The molecule has 19 heavy (non-hydrogen) atoms. The number of benzene rings is 1. The number of amides is 1. The van der Waals surface area contributed by atoms with Gasteiger partial charge in [0.25, 0.3) is 0 Å². The predicted octanol–water partition coefficient (Wildman–Crippen LogP) is 1.93. The Hall–Kier alpha value is -1.49. The minimum Gasteiger partial charge on any atom is -0.369 e. The van der Waals surface area contributed by atoms with Gasteiger partial charge in [0.2, 0.25) is 5.91 Å². The number of amidine groups is 1. The Bertz CT molecular complexity index is 485. The van der Waals surface area contributed by atoms with Gasteiger partial charge in [-0.15, -0.1) is 0 Å². The molecule has 102 valence electrons. The standard InChI is InChI=1S/C14H19N3OS/c1-14(2,12(15)18)9-16-13-17-11(8-19-13)10-6-4-3-5-7-10/h3-7,11H,8-9H2,1-2H3,(H2,15,18)(H,16,17). The van der Waals surface area contributed by atoms with Gasteiger partial charge in [0.1, 0.15) is 0 Å². The minimum atomic E-state index is -0.597. The first-order valence-corrected chi connectivity index (χ1v) is 7.26. The molecule has 1 aliphatic heterocycles. The molecule has 1 aromatic carbocycles. The Morgan fingerprint density at radius 2 is 2.16 bits per heavy atom. The molecule has 1 fully saturated rings. The highest BCUT2D eigenvalue weighted by Gasteiger charge is 2.26. The van der Waals surface area contributed by atoms with Crippen molar-refractivity contribution < 1.29 is 4.79 Å². The number of aliphatic imine (C=N–C) groups is 1. The van der Waals surface area contributed by atoms with Gasteiger partial charge in [-0.25, -0.2) is 0 Å². The fraction of sp³-hybridized carbons (Fsp3) is 0.429. The highest BCUT2D eigenvalue weighted by molar-refractivity contribution is 8.14. The number of nitrogens with one attached hydrogen (secondary N) is 1. The van der Waals surface area contributed by atoms with Crippen LogP contribution < -0.4 is 11.1 Å². The van der Waals surface area contributed by atoms with E-state index in [1.54, 1.807) is 11.8 Å². The summed E-state index contributed by atoms with van der Waals surface area (Å²) in [5.74, 6) is 0.638. The smallest absolute Gasteiger partial charge is 0.224 e. The summed E-state index contributed by atoms with van der Waals surface area (Å²) in [7, 11) is 0. The lowest BCUT2D eigenvalue weighted by molar-refractivity contribution is -0.125. The number of primary amides is 1. The number of carbonyl (C=O) groups excluding carboxylic acids is 1. The van der Waals surface area contributed by atoms with Gasteiger partial charge in [-0.3, -0.25) is 9.79 Å². The molecule has 0 aromatic heterocycles. The van der Waals surface area contributed by atoms with Gasteiger partial charge < -0.3 is 11.1 Å². The first-order valence-electron chi connectivity index (χ1n) is 6.28. The second-order valence-corrected chi connectivity index (χ2v) is 6.30. The molecule has 0 aliphatic carbocycles. The third-order valence-electron chi connectivity index (χ3n) is 3.17. The van der Waals surface area contributed by atoms with Crippen LogP contribution in [-0.2, 0) is 4.79 Å². The molecule has 0 radical (unpaired) electrons. The summed E-state index contributed by atoms with van der Waals surface area (Å²) >= 11 is 1.68. The third kappa shape index (κ3) is 3.50. The maximum absolute atomic E-state index is 11.2. The van der Waals surface area contributed by atoms with Crippen LogP contribution in [0.1, 0.15) is 25.5 Å². The lowest BCUT2D eigenvalue weighted by atomic mass is 9.93. The average molecular weight is 277 g/mol. The second kappa shape index (κ2) is 5.65. The molecule has 5 heteroatoms. The van der Waals surface area contributed by atoms with Crippen molar-refractivity contribution in [3.05, 3.63) is 35.9 Å². The Balaban J connectivity index is 1.97. The zero-order valence-electron chi connectivity index (χ0n) is 11.2. The molecule has 2 rings (SSSR count). The Morgan fingerprint density at radius 3 is 2.79 bits per heavy atom. The van der Waals surface area contributed by atoms with Gasteiger partial charge in [0, 0.05) is 5.75 Å². The van der Waals surface area contributed by atoms with Crippen LogP contribution in [0.5, 0.6) is 0 Å². The largest absolute Gasteiger partial charge is 0.369 e. The van der Waals surface area contributed by atoms with Crippen molar-refractivity contribution in [2.75, 3.05) is 12.3 Å². The van der Waals surface area contributed by atoms with Gasteiger partial charge in [-0.05, 0) is 19.4 Å². The molecule has 1 unspecified atom stereocenters. The van der Waals surface area contributed by atoms with Crippen LogP contribution in [0.4, 0.5) is 0 Å². The summed E-state index contributed by atoms with van der Waals surface area (Å²) in [6.45, 7) is 4.04. The SMILES string of the molecule is CC(C)(CN=C1NC(c2ccccc2)CS1)C(N)=O. The van der Waals surface area contributed by atoms with Crippen molar-refractivity contribution in [3.63, 3.8) is 0 Å². The van der Waals surface area contributed by atoms with Gasteiger partial charge in [0.05, 0.1) is 18.0 Å². The van der Waals surface area contributed by atoms with Crippen LogP contribution in [0.2, 0.25) is 0 Å². The van der Waals surface area contributed by atoms with E-state index >= 15 is 0 Å². The van der Waals surface area contributed by atoms with Gasteiger partial charge in [-0.1, -0.05) is 42.1 Å². The number of carbonyl (C=O) groups is 1. The van der Waals surface area contributed by atoms with E-state index in [1.807, 2.05) is 32.0 Å². The topological polar surface area (TPSA) is 67.5 Å². The quantitative estimate of drug-likeness (QED) is 0.883. The van der Waals surface area contributed by atoms with Crippen molar-refractivity contribution in [1.29, 1.82) is 0 Å². The van der Waals surface area contributed by atoms with Crippen LogP contribution in [0, 0.1) is 5.41 Å². The van der Waals surface area contributed by atoms with Crippen LogP contribution in [0.3, 0.4) is 0 Å². The summed E-state index contributed by atoms with van der Waals surface area (Å²) < 4.78 is 0. The Labute approximate surface area is 117 Å². The minimum absolute atomic E-state index is 0.293. The molecule has 0 spiro atoms. The van der Waals surface area contributed by atoms with Crippen LogP contribution >= 0.6 is 11.8 Å². The van der Waals surface area contributed by atoms with Gasteiger partial charge >= 0.3 is 0 Å². The monoisotopic (exact) mass is 277 g/mol. The fourth-order valence-corrected chi connectivity index (χ4v) is 2.68. The van der Waals surface area contributed by atoms with Gasteiger partial charge in [-0.2, -0.15) is 0 Å². The first kappa shape index (κ1) is 13.9. The summed E-state index contributed by atoms with van der Waals surface area (Å²) in [4.78, 5) is 15.7. The third-order valence-corrected chi connectivity index (χ3v) is 4.19. The normalized spacial score (nSPS) is 21.4. The Morgan fingerprint density at radius 1 is 1.47 bits per heavy atom. The zero-order chi connectivity index (χ0) is 13.9. The van der Waals surface area contributed by atoms with Crippen molar-refractivity contribution in [2.45, 2.75) is 19.9 Å². The molecule has 1 aliphatic rings. The molecule has 1 aromatic rings. The average Bonchev–Trinajstić information content (AvgIpc) is 2.86. The summed E-state index contributed by atoms with van der Waals surface area (Å²) in [6, 6.07) is 10.6. The molecule has 1 heterocycles. The Kier molecular flexibility index (Phi) is 4.14. The van der Waals surface area contributed by atoms with E-state index in [2.05, 4.69) is 22.4 Å². The molecule has 1 amide bonds. The zero-order valence-corrected chi connectivity index (χ0v) is 12.0. The van der Waals surface area contributed by atoms with E-state index < -0.39 is 5.41 Å². The number of nitrogens with two attached hydrogens (primary N) is 1. The summed E-state index contributed by atoms with van der Waals surface area (Å²) in [5, 5.41) is 4.27. The molecule has 1 atom stereocenters. The molecule has 4 nitrogen and oxygen atoms in total. The molecule has 0 bridgehead atoms. The van der Waals surface area contributed by atoms with Crippen molar-refractivity contribution in [1.82, 2.24) is 5.32 Å². The van der Waals surface area contributed by atoms with E-state index in [-0.39, 0.29) is 5.91 Å². The number of rotatable bonds is 4. The van der Waals surface area contributed by atoms with Gasteiger partial charge in [0.15, 0.2) is 5.17 Å². The van der Waals surface area contributed by atoms with Crippen LogP contribution in [-0.4, -0.2) is 23.4 Å². The highest BCUT2D eigenvalue weighted by atomic mass is 32.2. The number of thioether (sulfide) groups is 1. The van der Waals surface area contributed by atoms with Crippen LogP contribution in [0.15, 0.2) is 35.3 Å². The van der Waals surface area contributed by atoms with E-state index in [1.165, 1.54) is 5.56 Å². The highest BCUT2D eigenvalue weighted by Crippen LogP contribution is 2.26. The maximum atomic E-state index is 11.2.